The average molecular weight is 428 g/mol. The minimum atomic E-state index is -3.63. The largest absolute Gasteiger partial charge is 0.348 e. The molecule has 3 rings (SSSR count). The number of imidazole rings is 1. The van der Waals surface area contributed by atoms with Crippen molar-refractivity contribution in [3.63, 3.8) is 0 Å². The van der Waals surface area contributed by atoms with E-state index in [4.69, 9.17) is 0 Å². The third-order valence-corrected chi connectivity index (χ3v) is 6.85. The van der Waals surface area contributed by atoms with Crippen LogP contribution in [0, 0.1) is 6.92 Å². The Hall–Kier alpha value is -3.04. The van der Waals surface area contributed by atoms with E-state index in [9.17, 15) is 13.2 Å². The molecule has 0 aliphatic heterocycles. The van der Waals surface area contributed by atoms with Crippen LogP contribution < -0.4 is 5.32 Å². The summed E-state index contributed by atoms with van der Waals surface area (Å²) in [6, 6.07) is 9.77. The number of amides is 1. The maximum Gasteiger partial charge on any atom is 0.251 e. The number of hydrogen-bond donors (Lipinski definition) is 1. The fraction of sp³-hybridized carbons (Fsp3) is 0.286. The van der Waals surface area contributed by atoms with Crippen molar-refractivity contribution in [1.29, 1.82) is 0 Å². The highest BCUT2D eigenvalue weighted by Gasteiger charge is 2.22. The lowest BCUT2D eigenvalue weighted by molar-refractivity contribution is 0.0950. The number of aryl methyl sites for hydroxylation is 1. The molecule has 0 saturated carbocycles. The Balaban J connectivity index is 1.80. The standard InChI is InChI=1S/C21H25N5O3S/c1-4-25(5-2)30(28,29)19-10-6-8-17(14-19)21(27)24-15-18-9-7-11-23-20(18)26-13-12-22-16(26)3/h6-14H,4-5,15H2,1-3H3,(H,24,27). The number of aromatic nitrogens is 3. The zero-order chi connectivity index (χ0) is 21.7. The number of benzene rings is 1. The van der Waals surface area contributed by atoms with Crippen LogP contribution in [-0.4, -0.2) is 46.3 Å². The summed E-state index contributed by atoms with van der Waals surface area (Å²) in [4.78, 5) is 21.4. The van der Waals surface area contributed by atoms with Crippen molar-refractivity contribution in [3.8, 4) is 5.82 Å². The summed E-state index contributed by atoms with van der Waals surface area (Å²) < 4.78 is 28.7. The molecule has 2 aromatic heterocycles. The summed E-state index contributed by atoms with van der Waals surface area (Å²) in [7, 11) is -3.63. The van der Waals surface area contributed by atoms with Crippen molar-refractivity contribution in [3.05, 3.63) is 71.9 Å². The maximum atomic E-state index is 12.7. The molecular weight excluding hydrogens is 402 g/mol. The van der Waals surface area contributed by atoms with E-state index in [0.717, 1.165) is 11.4 Å². The first kappa shape index (κ1) is 21.7. The Labute approximate surface area is 176 Å². The first-order valence-electron chi connectivity index (χ1n) is 9.71. The van der Waals surface area contributed by atoms with Crippen LogP contribution >= 0.6 is 0 Å². The van der Waals surface area contributed by atoms with Crippen LogP contribution in [0.25, 0.3) is 5.82 Å². The van der Waals surface area contributed by atoms with E-state index in [1.54, 1.807) is 44.4 Å². The molecule has 9 heteroatoms. The summed E-state index contributed by atoms with van der Waals surface area (Å²) in [5.74, 6) is 1.12. The van der Waals surface area contributed by atoms with Gasteiger partial charge in [-0.15, -0.1) is 0 Å². The predicted octanol–water partition coefficient (Wildman–Crippen LogP) is 2.54. The summed E-state index contributed by atoms with van der Waals surface area (Å²) in [6.45, 7) is 6.42. The van der Waals surface area contributed by atoms with Crippen LogP contribution in [0.2, 0.25) is 0 Å². The highest BCUT2D eigenvalue weighted by Crippen LogP contribution is 2.18. The van der Waals surface area contributed by atoms with Crippen molar-refractivity contribution >= 4 is 15.9 Å². The molecule has 1 amide bonds. The number of rotatable bonds is 8. The summed E-state index contributed by atoms with van der Waals surface area (Å²) in [6.07, 6.45) is 5.18. The van der Waals surface area contributed by atoms with Crippen molar-refractivity contribution < 1.29 is 13.2 Å². The quantitative estimate of drug-likeness (QED) is 0.596. The second-order valence-electron chi connectivity index (χ2n) is 6.63. The molecule has 158 valence electrons. The summed E-state index contributed by atoms with van der Waals surface area (Å²) in [5.41, 5.74) is 1.10. The first-order chi connectivity index (χ1) is 14.4. The molecule has 30 heavy (non-hydrogen) atoms. The van der Waals surface area contributed by atoms with Crippen molar-refractivity contribution in [2.75, 3.05) is 13.1 Å². The van der Waals surface area contributed by atoms with E-state index in [-0.39, 0.29) is 22.9 Å². The minimum absolute atomic E-state index is 0.106. The van der Waals surface area contributed by atoms with E-state index in [0.29, 0.717) is 18.9 Å². The van der Waals surface area contributed by atoms with Gasteiger partial charge in [-0.1, -0.05) is 26.0 Å². The lowest BCUT2D eigenvalue weighted by Crippen LogP contribution is -2.31. The Kier molecular flexibility index (Phi) is 6.63. The zero-order valence-electron chi connectivity index (χ0n) is 17.2. The minimum Gasteiger partial charge on any atom is -0.348 e. The van der Waals surface area contributed by atoms with Crippen LogP contribution in [0.4, 0.5) is 0 Å². The summed E-state index contributed by atoms with van der Waals surface area (Å²) in [5, 5.41) is 2.85. The number of nitrogens with zero attached hydrogens (tertiary/aromatic N) is 4. The van der Waals surface area contributed by atoms with Gasteiger partial charge in [0, 0.05) is 49.4 Å². The van der Waals surface area contributed by atoms with Gasteiger partial charge in [-0.05, 0) is 31.2 Å². The van der Waals surface area contributed by atoms with Gasteiger partial charge in [0.05, 0.1) is 4.90 Å². The molecule has 0 bridgehead atoms. The second-order valence-corrected chi connectivity index (χ2v) is 8.57. The fourth-order valence-electron chi connectivity index (χ4n) is 3.17. The Bertz CT molecular complexity index is 1140. The van der Waals surface area contributed by atoms with Gasteiger partial charge in [0.1, 0.15) is 11.6 Å². The highest BCUT2D eigenvalue weighted by atomic mass is 32.2. The third-order valence-electron chi connectivity index (χ3n) is 4.80. The normalized spacial score (nSPS) is 11.6. The SMILES string of the molecule is CCN(CC)S(=O)(=O)c1cccc(C(=O)NCc2cccnc2-n2ccnc2C)c1. The van der Waals surface area contributed by atoms with Gasteiger partial charge >= 0.3 is 0 Å². The first-order valence-corrected chi connectivity index (χ1v) is 11.1. The van der Waals surface area contributed by atoms with E-state index >= 15 is 0 Å². The molecule has 0 spiro atoms. The maximum absolute atomic E-state index is 12.7. The van der Waals surface area contributed by atoms with Crippen LogP contribution in [0.1, 0.15) is 35.6 Å². The highest BCUT2D eigenvalue weighted by molar-refractivity contribution is 7.89. The number of hydrogen-bond acceptors (Lipinski definition) is 5. The summed E-state index contributed by atoms with van der Waals surface area (Å²) >= 11 is 0. The number of sulfonamides is 1. The molecule has 3 aromatic rings. The molecule has 0 saturated heterocycles. The number of pyridine rings is 1. The molecular formula is C21H25N5O3S. The zero-order valence-corrected chi connectivity index (χ0v) is 18.1. The predicted molar refractivity (Wildman–Crippen MR) is 114 cm³/mol. The number of nitrogens with one attached hydrogen (secondary N) is 1. The van der Waals surface area contributed by atoms with Crippen LogP contribution in [0.3, 0.4) is 0 Å². The van der Waals surface area contributed by atoms with Gasteiger partial charge < -0.3 is 5.32 Å². The average Bonchev–Trinajstić information content (AvgIpc) is 3.18. The van der Waals surface area contributed by atoms with Crippen molar-refractivity contribution in [2.45, 2.75) is 32.2 Å². The number of carbonyl (C=O) groups excluding carboxylic acids is 1. The van der Waals surface area contributed by atoms with Gasteiger partial charge in [0.2, 0.25) is 10.0 Å². The molecule has 1 N–H and O–H groups in total. The molecule has 0 aliphatic rings. The van der Waals surface area contributed by atoms with Crippen LogP contribution in [0.15, 0.2) is 59.9 Å². The third kappa shape index (κ3) is 4.42. The van der Waals surface area contributed by atoms with Gasteiger partial charge in [-0.3, -0.25) is 9.36 Å². The fourth-order valence-corrected chi connectivity index (χ4v) is 4.68. The van der Waals surface area contributed by atoms with E-state index < -0.39 is 10.0 Å². The molecule has 0 fully saturated rings. The molecule has 0 aliphatic carbocycles. The van der Waals surface area contributed by atoms with E-state index in [1.165, 1.54) is 16.4 Å². The van der Waals surface area contributed by atoms with Crippen molar-refractivity contribution in [2.24, 2.45) is 0 Å². The van der Waals surface area contributed by atoms with Crippen LogP contribution in [0.5, 0.6) is 0 Å². The molecule has 0 unspecified atom stereocenters. The lowest BCUT2D eigenvalue weighted by atomic mass is 10.2. The topological polar surface area (TPSA) is 97.2 Å². The van der Waals surface area contributed by atoms with Gasteiger partial charge in [-0.25, -0.2) is 18.4 Å². The van der Waals surface area contributed by atoms with Gasteiger partial charge in [-0.2, -0.15) is 4.31 Å². The molecule has 1 aromatic carbocycles. The lowest BCUT2D eigenvalue weighted by Gasteiger charge is -2.18. The van der Waals surface area contributed by atoms with E-state index in [2.05, 4.69) is 15.3 Å². The Morgan fingerprint density at radius 2 is 1.87 bits per heavy atom. The number of carbonyl (C=O) groups is 1. The Morgan fingerprint density at radius 1 is 1.10 bits per heavy atom. The van der Waals surface area contributed by atoms with Gasteiger partial charge in [0.15, 0.2) is 0 Å². The van der Waals surface area contributed by atoms with Crippen LogP contribution in [-0.2, 0) is 16.6 Å². The van der Waals surface area contributed by atoms with Crippen molar-refractivity contribution in [1.82, 2.24) is 24.2 Å². The molecule has 0 radical (unpaired) electrons. The second kappa shape index (κ2) is 9.19. The molecule has 0 atom stereocenters. The molecule has 8 nitrogen and oxygen atoms in total. The van der Waals surface area contributed by atoms with E-state index in [1.807, 2.05) is 23.8 Å². The smallest absolute Gasteiger partial charge is 0.251 e. The monoisotopic (exact) mass is 427 g/mol. The van der Waals surface area contributed by atoms with Gasteiger partial charge in [0.25, 0.3) is 5.91 Å². The Morgan fingerprint density at radius 3 is 2.53 bits per heavy atom. The molecule has 2 heterocycles.